The van der Waals surface area contributed by atoms with Gasteiger partial charge < -0.3 is 5.32 Å². The van der Waals surface area contributed by atoms with E-state index in [1.165, 1.54) is 0 Å². The van der Waals surface area contributed by atoms with Crippen LogP contribution in [0.2, 0.25) is 0 Å². The van der Waals surface area contributed by atoms with Gasteiger partial charge in [-0.05, 0) is 26.3 Å². The molecule has 82 valence electrons. The van der Waals surface area contributed by atoms with Crippen molar-refractivity contribution in [2.75, 3.05) is 13.6 Å². The van der Waals surface area contributed by atoms with Crippen LogP contribution < -0.4 is 5.32 Å². The Labute approximate surface area is 92.6 Å². The molecule has 1 atom stereocenters. The zero-order chi connectivity index (χ0) is 11.2. The lowest BCUT2D eigenvalue weighted by molar-refractivity contribution is -0.117. The van der Waals surface area contributed by atoms with Crippen LogP contribution in [0.3, 0.4) is 0 Å². The summed E-state index contributed by atoms with van der Waals surface area (Å²) >= 11 is 3.94. The van der Waals surface area contributed by atoms with E-state index in [9.17, 15) is 4.79 Å². The average molecular weight is 215 g/mol. The molecule has 0 unspecified atom stereocenters. The summed E-state index contributed by atoms with van der Waals surface area (Å²) in [6.45, 7) is 6.95. The third-order valence-corrected chi connectivity index (χ3v) is 2.64. The molecular formula is C11H21NOS. The van der Waals surface area contributed by atoms with E-state index in [2.05, 4.69) is 31.8 Å². The van der Waals surface area contributed by atoms with Crippen molar-refractivity contribution in [1.82, 2.24) is 5.32 Å². The van der Waals surface area contributed by atoms with Gasteiger partial charge in [0.25, 0.3) is 0 Å². The molecule has 0 aliphatic rings. The highest BCUT2D eigenvalue weighted by atomic mass is 32.1. The Hall–Kier alpha value is -0.280. The molecule has 0 rings (SSSR count). The van der Waals surface area contributed by atoms with Crippen LogP contribution >= 0.6 is 12.6 Å². The minimum atomic E-state index is -0.422. The van der Waals surface area contributed by atoms with Gasteiger partial charge in [-0.15, -0.1) is 12.6 Å². The Morgan fingerprint density at radius 3 is 2.50 bits per heavy atom. The van der Waals surface area contributed by atoms with Crippen molar-refractivity contribution >= 4 is 17.7 Å². The number of thiol groups is 1. The molecule has 0 heterocycles. The normalized spacial score (nSPS) is 16.1. The molecule has 14 heavy (non-hydrogen) atoms. The van der Waals surface area contributed by atoms with Gasteiger partial charge in [0.05, 0.1) is 5.41 Å². The first kappa shape index (κ1) is 13.7. The van der Waals surface area contributed by atoms with Crippen molar-refractivity contribution in [1.29, 1.82) is 0 Å². The molecule has 0 aromatic rings. The van der Waals surface area contributed by atoms with Crippen LogP contribution in [0.5, 0.6) is 0 Å². The first-order chi connectivity index (χ1) is 6.42. The lowest BCUT2D eigenvalue weighted by Crippen LogP contribution is -2.24. The summed E-state index contributed by atoms with van der Waals surface area (Å²) in [4.78, 5) is 11.4. The van der Waals surface area contributed by atoms with Crippen LogP contribution in [0, 0.1) is 11.3 Å². The van der Waals surface area contributed by atoms with E-state index in [4.69, 9.17) is 0 Å². The third kappa shape index (κ3) is 4.82. The molecule has 3 heteroatoms. The van der Waals surface area contributed by atoms with Crippen LogP contribution in [0.1, 0.15) is 27.2 Å². The van der Waals surface area contributed by atoms with Gasteiger partial charge in [-0.25, -0.2) is 0 Å². The number of hydrogen-bond acceptors (Lipinski definition) is 2. The summed E-state index contributed by atoms with van der Waals surface area (Å²) in [6.07, 6.45) is 4.78. The molecule has 2 nitrogen and oxygen atoms in total. The first-order valence-electron chi connectivity index (χ1n) is 4.98. The van der Waals surface area contributed by atoms with Crippen LogP contribution in [0.4, 0.5) is 0 Å². The second-order valence-corrected chi connectivity index (χ2v) is 4.69. The van der Waals surface area contributed by atoms with Crippen LogP contribution in [-0.4, -0.2) is 18.7 Å². The van der Waals surface area contributed by atoms with Gasteiger partial charge in [-0.1, -0.05) is 26.0 Å². The Morgan fingerprint density at radius 2 is 2.14 bits per heavy atom. The summed E-state index contributed by atoms with van der Waals surface area (Å²) in [5, 5.41) is 2.95. The van der Waals surface area contributed by atoms with Crippen LogP contribution in [-0.2, 0) is 4.79 Å². The van der Waals surface area contributed by atoms with E-state index in [0.717, 1.165) is 13.0 Å². The number of carbonyl (C=O) groups is 1. The highest BCUT2D eigenvalue weighted by Crippen LogP contribution is 2.30. The van der Waals surface area contributed by atoms with E-state index >= 15 is 0 Å². The molecule has 0 aromatic carbocycles. The van der Waals surface area contributed by atoms with Gasteiger partial charge in [0, 0.05) is 6.54 Å². The maximum atomic E-state index is 11.4. The van der Waals surface area contributed by atoms with Gasteiger partial charge >= 0.3 is 0 Å². The van der Waals surface area contributed by atoms with Gasteiger partial charge in [0.15, 0.2) is 5.12 Å². The Balaban J connectivity index is 4.47. The highest BCUT2D eigenvalue weighted by molar-refractivity contribution is 7.96. The minimum Gasteiger partial charge on any atom is -0.316 e. The van der Waals surface area contributed by atoms with Crippen molar-refractivity contribution in [2.24, 2.45) is 11.3 Å². The van der Waals surface area contributed by atoms with Crippen LogP contribution in [0.25, 0.3) is 0 Å². The molecule has 0 spiro atoms. The minimum absolute atomic E-state index is 0.0569. The summed E-state index contributed by atoms with van der Waals surface area (Å²) in [7, 11) is 1.88. The van der Waals surface area contributed by atoms with E-state index in [0.29, 0.717) is 5.92 Å². The summed E-state index contributed by atoms with van der Waals surface area (Å²) in [5.41, 5.74) is -0.422. The molecule has 0 aliphatic carbocycles. The number of nitrogens with one attached hydrogen (secondary N) is 1. The lowest BCUT2D eigenvalue weighted by Gasteiger charge is -2.24. The number of likely N-dealkylation sites (N-methyl/N-ethyl adjacent to an activating group) is 1. The number of carbonyl (C=O) groups excluding carboxylic acids is 1. The zero-order valence-electron chi connectivity index (χ0n) is 9.50. The summed E-state index contributed by atoms with van der Waals surface area (Å²) < 4.78 is 0. The fourth-order valence-corrected chi connectivity index (χ4v) is 1.68. The standard InChI is InChI=1S/C11H21NOS/c1-9(2)8-11(3,10(13)14)6-5-7-12-4/h5-6,9,12H,7-8H2,1-4H3,(H,13,14)/b6-5+/t11-/m0/s1. The number of allylic oxidation sites excluding steroid dienone is 1. The Bertz CT molecular complexity index is 213. The Kier molecular flexibility index (Phi) is 6.12. The SMILES string of the molecule is CNC/C=C/[C@@](C)(CC(C)C)C(=O)S. The quantitative estimate of drug-likeness (QED) is 0.526. The maximum absolute atomic E-state index is 11.4. The van der Waals surface area contributed by atoms with Gasteiger partial charge in [0.2, 0.25) is 0 Å². The van der Waals surface area contributed by atoms with Crippen molar-refractivity contribution in [2.45, 2.75) is 27.2 Å². The summed E-state index contributed by atoms with van der Waals surface area (Å²) in [5.74, 6) is 0.496. The second kappa shape index (κ2) is 6.25. The summed E-state index contributed by atoms with van der Waals surface area (Å²) in [6, 6.07) is 0. The topological polar surface area (TPSA) is 29.1 Å². The number of hydrogen-bond donors (Lipinski definition) is 2. The molecule has 0 amide bonds. The van der Waals surface area contributed by atoms with Gasteiger partial charge in [-0.2, -0.15) is 0 Å². The van der Waals surface area contributed by atoms with Crippen molar-refractivity contribution in [3.8, 4) is 0 Å². The molecule has 0 aromatic heterocycles. The molecule has 1 N–H and O–H groups in total. The zero-order valence-corrected chi connectivity index (χ0v) is 10.4. The fourth-order valence-electron chi connectivity index (χ4n) is 1.51. The average Bonchev–Trinajstić information content (AvgIpc) is 2.03. The highest BCUT2D eigenvalue weighted by Gasteiger charge is 2.28. The lowest BCUT2D eigenvalue weighted by atomic mass is 9.83. The van der Waals surface area contributed by atoms with Gasteiger partial charge in [0.1, 0.15) is 0 Å². The molecule has 0 radical (unpaired) electrons. The first-order valence-corrected chi connectivity index (χ1v) is 5.43. The second-order valence-electron chi connectivity index (χ2n) is 4.28. The van der Waals surface area contributed by atoms with E-state index in [1.54, 1.807) is 0 Å². The van der Waals surface area contributed by atoms with E-state index < -0.39 is 5.41 Å². The maximum Gasteiger partial charge on any atom is 0.195 e. The smallest absolute Gasteiger partial charge is 0.195 e. The van der Waals surface area contributed by atoms with Crippen LogP contribution in [0.15, 0.2) is 12.2 Å². The molecule has 0 bridgehead atoms. The number of rotatable bonds is 6. The Morgan fingerprint density at radius 1 is 1.57 bits per heavy atom. The molecular weight excluding hydrogens is 194 g/mol. The van der Waals surface area contributed by atoms with E-state index in [-0.39, 0.29) is 5.12 Å². The van der Waals surface area contributed by atoms with Crippen molar-refractivity contribution in [3.05, 3.63) is 12.2 Å². The van der Waals surface area contributed by atoms with Crippen molar-refractivity contribution < 1.29 is 4.79 Å². The predicted molar refractivity (Wildman–Crippen MR) is 64.6 cm³/mol. The monoisotopic (exact) mass is 215 g/mol. The largest absolute Gasteiger partial charge is 0.316 e. The predicted octanol–water partition coefficient (Wildman–Crippen LogP) is 2.27. The fraction of sp³-hybridized carbons (Fsp3) is 0.727. The van der Waals surface area contributed by atoms with E-state index in [1.807, 2.05) is 26.1 Å². The molecule has 0 saturated heterocycles. The third-order valence-electron chi connectivity index (χ3n) is 2.13. The van der Waals surface area contributed by atoms with Gasteiger partial charge in [-0.3, -0.25) is 4.79 Å². The molecule has 0 fully saturated rings. The van der Waals surface area contributed by atoms with Crippen molar-refractivity contribution in [3.63, 3.8) is 0 Å². The molecule has 0 saturated carbocycles. The molecule has 0 aliphatic heterocycles.